The minimum absolute atomic E-state index is 0.270. The number of rotatable bonds is 4. The summed E-state index contributed by atoms with van der Waals surface area (Å²) < 4.78 is 15.7. The third-order valence-electron chi connectivity index (χ3n) is 3.24. The predicted molar refractivity (Wildman–Crippen MR) is 72.1 cm³/mol. The maximum absolute atomic E-state index is 13.8. The molecule has 0 saturated heterocycles. The zero-order chi connectivity index (χ0) is 13.8. The largest absolute Gasteiger partial charge is 0.349 e. The highest BCUT2D eigenvalue weighted by Gasteiger charge is 2.07. The molecule has 3 nitrogen and oxygen atoms in total. The molecule has 19 heavy (non-hydrogen) atoms. The van der Waals surface area contributed by atoms with Gasteiger partial charge in [0.05, 0.1) is 11.6 Å². The quantitative estimate of drug-likeness (QED) is 0.915. The minimum atomic E-state index is -0.337. The monoisotopic (exact) mass is 257 g/mol. The van der Waals surface area contributed by atoms with Gasteiger partial charge < -0.3 is 9.88 Å². The normalized spacial score (nSPS) is 12.1. The van der Waals surface area contributed by atoms with E-state index in [0.29, 0.717) is 17.7 Å². The first-order valence-electron chi connectivity index (χ1n) is 6.15. The molecule has 2 rings (SSSR count). The fourth-order valence-corrected chi connectivity index (χ4v) is 1.92. The standard InChI is InChI=1S/C15H16FN3/c1-11(18-2)13-5-6-19(9-13)10-14-4-3-12(8-17)7-15(14)16/h3-7,9,11,18H,10H2,1-2H3. The first kappa shape index (κ1) is 13.3. The average molecular weight is 257 g/mol. The highest BCUT2D eigenvalue weighted by atomic mass is 19.1. The Morgan fingerprint density at radius 1 is 1.42 bits per heavy atom. The summed E-state index contributed by atoms with van der Waals surface area (Å²) in [6, 6.07) is 8.79. The van der Waals surface area contributed by atoms with Gasteiger partial charge in [0.25, 0.3) is 0 Å². The van der Waals surface area contributed by atoms with E-state index in [1.807, 2.05) is 36.1 Å². The highest BCUT2D eigenvalue weighted by Crippen LogP contribution is 2.15. The number of nitriles is 1. The predicted octanol–water partition coefficient (Wildman–Crippen LogP) is 2.83. The summed E-state index contributed by atoms with van der Waals surface area (Å²) in [6.07, 6.45) is 3.93. The molecule has 0 aliphatic rings. The lowest BCUT2D eigenvalue weighted by Crippen LogP contribution is -2.11. The van der Waals surface area contributed by atoms with Crippen molar-refractivity contribution in [3.8, 4) is 6.07 Å². The Morgan fingerprint density at radius 3 is 2.84 bits per heavy atom. The Morgan fingerprint density at radius 2 is 2.21 bits per heavy atom. The van der Waals surface area contributed by atoms with E-state index in [9.17, 15) is 4.39 Å². The van der Waals surface area contributed by atoms with Crippen molar-refractivity contribution in [3.63, 3.8) is 0 Å². The Hall–Kier alpha value is -2.12. The van der Waals surface area contributed by atoms with Crippen molar-refractivity contribution in [2.45, 2.75) is 19.5 Å². The number of hydrogen-bond acceptors (Lipinski definition) is 2. The molecule has 1 N–H and O–H groups in total. The minimum Gasteiger partial charge on any atom is -0.349 e. The van der Waals surface area contributed by atoms with Crippen molar-refractivity contribution in [2.24, 2.45) is 0 Å². The Kier molecular flexibility index (Phi) is 3.98. The number of halogens is 1. The molecule has 1 aromatic carbocycles. The molecule has 0 saturated carbocycles. The third kappa shape index (κ3) is 3.01. The molecular weight excluding hydrogens is 241 g/mol. The molecule has 0 amide bonds. The zero-order valence-electron chi connectivity index (χ0n) is 11.0. The molecule has 0 radical (unpaired) electrons. The van der Waals surface area contributed by atoms with Crippen LogP contribution in [0.3, 0.4) is 0 Å². The lowest BCUT2D eigenvalue weighted by Gasteiger charge is -2.08. The summed E-state index contributed by atoms with van der Waals surface area (Å²) in [6.45, 7) is 2.54. The second-order valence-electron chi connectivity index (χ2n) is 4.55. The summed E-state index contributed by atoms with van der Waals surface area (Å²) >= 11 is 0. The number of hydrogen-bond donors (Lipinski definition) is 1. The van der Waals surface area contributed by atoms with Gasteiger partial charge in [0, 0.05) is 30.5 Å². The summed E-state index contributed by atoms with van der Waals surface area (Å²) in [5.41, 5.74) is 2.09. The van der Waals surface area contributed by atoms with Crippen LogP contribution in [-0.4, -0.2) is 11.6 Å². The molecule has 0 spiro atoms. The summed E-state index contributed by atoms with van der Waals surface area (Å²) in [4.78, 5) is 0. The Labute approximate surface area is 112 Å². The summed E-state index contributed by atoms with van der Waals surface area (Å²) in [5, 5.41) is 11.9. The maximum Gasteiger partial charge on any atom is 0.129 e. The van der Waals surface area contributed by atoms with Gasteiger partial charge >= 0.3 is 0 Å². The smallest absolute Gasteiger partial charge is 0.129 e. The second-order valence-corrected chi connectivity index (χ2v) is 4.55. The molecular formula is C15H16FN3. The van der Waals surface area contributed by atoms with Gasteiger partial charge in [0.2, 0.25) is 0 Å². The second kappa shape index (κ2) is 5.68. The van der Waals surface area contributed by atoms with Gasteiger partial charge in [0.15, 0.2) is 0 Å². The lowest BCUT2D eigenvalue weighted by molar-refractivity contribution is 0.598. The highest BCUT2D eigenvalue weighted by molar-refractivity contribution is 5.33. The molecule has 98 valence electrons. The summed E-state index contributed by atoms with van der Waals surface area (Å²) in [5.74, 6) is -0.337. The zero-order valence-corrected chi connectivity index (χ0v) is 11.0. The van der Waals surface area contributed by atoms with E-state index in [1.54, 1.807) is 12.1 Å². The molecule has 1 aromatic heterocycles. The van der Waals surface area contributed by atoms with Crippen LogP contribution in [0, 0.1) is 17.1 Å². The van der Waals surface area contributed by atoms with Crippen molar-refractivity contribution < 1.29 is 4.39 Å². The Balaban J connectivity index is 2.17. The van der Waals surface area contributed by atoms with Crippen LogP contribution in [0.5, 0.6) is 0 Å². The summed E-state index contributed by atoms with van der Waals surface area (Å²) in [7, 11) is 1.91. The number of benzene rings is 1. The average Bonchev–Trinajstić information content (AvgIpc) is 2.88. The topological polar surface area (TPSA) is 40.8 Å². The van der Waals surface area contributed by atoms with Crippen LogP contribution in [-0.2, 0) is 6.54 Å². The first-order valence-corrected chi connectivity index (χ1v) is 6.15. The van der Waals surface area contributed by atoms with Crippen LogP contribution in [0.25, 0.3) is 0 Å². The van der Waals surface area contributed by atoms with E-state index >= 15 is 0 Å². The van der Waals surface area contributed by atoms with Gasteiger partial charge in [-0.3, -0.25) is 0 Å². The van der Waals surface area contributed by atoms with Crippen LogP contribution in [0.2, 0.25) is 0 Å². The Bertz CT molecular complexity index is 610. The van der Waals surface area contributed by atoms with Gasteiger partial charge in [-0.25, -0.2) is 4.39 Å². The molecule has 0 bridgehead atoms. The molecule has 0 aliphatic heterocycles. The first-order chi connectivity index (χ1) is 9.13. The number of aromatic nitrogens is 1. The molecule has 1 heterocycles. The van der Waals surface area contributed by atoms with Gasteiger partial charge in [-0.1, -0.05) is 6.07 Å². The van der Waals surface area contributed by atoms with E-state index in [0.717, 1.165) is 5.56 Å². The van der Waals surface area contributed by atoms with E-state index in [-0.39, 0.29) is 11.9 Å². The molecule has 2 aromatic rings. The van der Waals surface area contributed by atoms with Crippen molar-refractivity contribution in [3.05, 3.63) is 59.2 Å². The van der Waals surface area contributed by atoms with Crippen molar-refractivity contribution in [1.29, 1.82) is 5.26 Å². The van der Waals surface area contributed by atoms with Crippen molar-refractivity contribution in [1.82, 2.24) is 9.88 Å². The van der Waals surface area contributed by atoms with E-state index in [1.165, 1.54) is 6.07 Å². The molecule has 0 aliphatic carbocycles. The van der Waals surface area contributed by atoms with E-state index in [4.69, 9.17) is 5.26 Å². The van der Waals surface area contributed by atoms with Gasteiger partial charge in [-0.15, -0.1) is 0 Å². The van der Waals surface area contributed by atoms with Gasteiger partial charge in [-0.05, 0) is 37.7 Å². The van der Waals surface area contributed by atoms with Crippen LogP contribution in [0.4, 0.5) is 4.39 Å². The fourth-order valence-electron chi connectivity index (χ4n) is 1.92. The van der Waals surface area contributed by atoms with Crippen LogP contribution in [0.1, 0.15) is 29.7 Å². The SMILES string of the molecule is CNC(C)c1ccn(Cc2ccc(C#N)cc2F)c1. The van der Waals surface area contributed by atoms with E-state index in [2.05, 4.69) is 12.2 Å². The maximum atomic E-state index is 13.8. The fraction of sp³-hybridized carbons (Fsp3) is 0.267. The lowest BCUT2D eigenvalue weighted by atomic mass is 10.1. The van der Waals surface area contributed by atoms with E-state index < -0.39 is 0 Å². The number of nitrogens with zero attached hydrogens (tertiary/aromatic N) is 2. The van der Waals surface area contributed by atoms with Crippen molar-refractivity contribution >= 4 is 0 Å². The van der Waals surface area contributed by atoms with Gasteiger partial charge in [-0.2, -0.15) is 5.26 Å². The molecule has 1 unspecified atom stereocenters. The molecule has 4 heteroatoms. The number of nitrogens with one attached hydrogen (secondary N) is 1. The third-order valence-corrected chi connectivity index (χ3v) is 3.24. The van der Waals surface area contributed by atoms with Crippen LogP contribution < -0.4 is 5.32 Å². The molecule has 1 atom stereocenters. The van der Waals surface area contributed by atoms with Gasteiger partial charge in [0.1, 0.15) is 5.82 Å². The van der Waals surface area contributed by atoms with Crippen LogP contribution in [0.15, 0.2) is 36.7 Å². The molecule has 0 fully saturated rings. The van der Waals surface area contributed by atoms with Crippen molar-refractivity contribution in [2.75, 3.05) is 7.05 Å². The van der Waals surface area contributed by atoms with Crippen LogP contribution >= 0.6 is 0 Å².